The van der Waals surface area contributed by atoms with Gasteiger partial charge in [-0.3, -0.25) is 0 Å². The number of ether oxygens (including phenoxy) is 2. The summed E-state index contributed by atoms with van der Waals surface area (Å²) in [6, 6.07) is 6.50. The molecule has 0 saturated carbocycles. The topological polar surface area (TPSA) is 77.6 Å². The molecule has 1 aromatic heterocycles. The Labute approximate surface area is 130 Å². The minimum atomic E-state index is -4.47. The number of halogens is 3. The fourth-order valence-electron chi connectivity index (χ4n) is 2.00. The smallest absolute Gasteiger partial charge is 0.422 e. The summed E-state index contributed by atoms with van der Waals surface area (Å²) < 4.78 is 46.1. The van der Waals surface area contributed by atoms with E-state index >= 15 is 0 Å². The van der Waals surface area contributed by atoms with Crippen LogP contribution in [-0.4, -0.2) is 30.0 Å². The molecule has 0 radical (unpaired) electrons. The van der Waals surface area contributed by atoms with E-state index in [0.29, 0.717) is 22.4 Å². The Hall–Kier alpha value is -2.48. The average Bonchev–Trinajstić information content (AvgIpc) is 2.52. The first-order valence-corrected chi connectivity index (χ1v) is 6.57. The minimum Gasteiger partial charge on any atom is -0.497 e. The van der Waals surface area contributed by atoms with Crippen LogP contribution in [-0.2, 0) is 6.61 Å². The molecule has 0 aliphatic heterocycles. The molecule has 0 fully saturated rings. The third kappa shape index (κ3) is 4.26. The Kier molecular flexibility index (Phi) is 4.95. The van der Waals surface area contributed by atoms with Crippen molar-refractivity contribution in [3.05, 3.63) is 36.0 Å². The monoisotopic (exact) mass is 328 g/mol. The maximum absolute atomic E-state index is 12.2. The second-order valence-corrected chi connectivity index (χ2v) is 4.70. The molecule has 0 unspecified atom stereocenters. The number of alkyl halides is 3. The van der Waals surface area contributed by atoms with Gasteiger partial charge in [-0.05, 0) is 29.3 Å². The predicted octanol–water partition coefficient (Wildman–Crippen LogP) is 2.77. The van der Waals surface area contributed by atoms with Gasteiger partial charge in [-0.2, -0.15) is 13.2 Å². The first kappa shape index (κ1) is 16.9. The third-order valence-electron chi connectivity index (χ3n) is 3.05. The average molecular weight is 328 g/mol. The molecular formula is C15H15F3N2O3. The van der Waals surface area contributed by atoms with Crippen LogP contribution in [0, 0.1) is 0 Å². The number of aliphatic hydroxyl groups is 1. The van der Waals surface area contributed by atoms with E-state index in [9.17, 15) is 18.3 Å². The molecule has 0 bridgehead atoms. The van der Waals surface area contributed by atoms with E-state index in [1.54, 1.807) is 18.2 Å². The highest BCUT2D eigenvalue weighted by Gasteiger charge is 2.29. The molecule has 3 N–H and O–H groups in total. The minimum absolute atomic E-state index is 0.0218. The van der Waals surface area contributed by atoms with Gasteiger partial charge in [-0.15, -0.1) is 0 Å². The van der Waals surface area contributed by atoms with Crippen LogP contribution >= 0.6 is 0 Å². The lowest BCUT2D eigenvalue weighted by Crippen LogP contribution is -2.20. The van der Waals surface area contributed by atoms with Crippen LogP contribution in [0.5, 0.6) is 11.6 Å². The van der Waals surface area contributed by atoms with Crippen molar-refractivity contribution >= 4 is 5.69 Å². The maximum Gasteiger partial charge on any atom is 0.422 e. The molecule has 23 heavy (non-hydrogen) atoms. The van der Waals surface area contributed by atoms with Crippen LogP contribution in [0.25, 0.3) is 11.1 Å². The number of pyridine rings is 1. The number of nitrogens with two attached hydrogens (primary N) is 1. The SMILES string of the molecule is COc1ccc(-c2cnc(OCC(F)(F)F)c(N)c2)c(CO)c1. The maximum atomic E-state index is 12.2. The van der Waals surface area contributed by atoms with Crippen molar-refractivity contribution < 1.29 is 27.8 Å². The van der Waals surface area contributed by atoms with Crippen LogP contribution in [0.2, 0.25) is 0 Å². The highest BCUT2D eigenvalue weighted by Crippen LogP contribution is 2.31. The van der Waals surface area contributed by atoms with E-state index in [2.05, 4.69) is 9.72 Å². The molecule has 1 heterocycles. The molecule has 0 atom stereocenters. The van der Waals surface area contributed by atoms with Crippen molar-refractivity contribution in [3.8, 4) is 22.8 Å². The Morgan fingerprint density at radius 3 is 2.57 bits per heavy atom. The number of nitrogens with zero attached hydrogens (tertiary/aromatic N) is 1. The Bertz CT molecular complexity index is 690. The van der Waals surface area contributed by atoms with E-state index in [4.69, 9.17) is 10.5 Å². The van der Waals surface area contributed by atoms with Gasteiger partial charge in [-0.25, -0.2) is 4.98 Å². The van der Waals surface area contributed by atoms with Gasteiger partial charge in [0.05, 0.1) is 19.4 Å². The first-order chi connectivity index (χ1) is 10.8. The molecule has 8 heteroatoms. The molecule has 2 rings (SSSR count). The van der Waals surface area contributed by atoms with Gasteiger partial charge in [0, 0.05) is 11.8 Å². The van der Waals surface area contributed by atoms with Crippen LogP contribution < -0.4 is 15.2 Å². The molecule has 2 aromatic rings. The number of methoxy groups -OCH3 is 1. The van der Waals surface area contributed by atoms with Gasteiger partial charge < -0.3 is 20.3 Å². The zero-order chi connectivity index (χ0) is 17.0. The van der Waals surface area contributed by atoms with E-state index in [-0.39, 0.29) is 18.2 Å². The predicted molar refractivity (Wildman–Crippen MR) is 78.1 cm³/mol. The Morgan fingerprint density at radius 1 is 1.26 bits per heavy atom. The molecule has 5 nitrogen and oxygen atoms in total. The van der Waals surface area contributed by atoms with Gasteiger partial charge in [0.15, 0.2) is 6.61 Å². The van der Waals surface area contributed by atoms with E-state index in [1.807, 2.05) is 0 Å². The number of hydrogen-bond acceptors (Lipinski definition) is 5. The van der Waals surface area contributed by atoms with Crippen molar-refractivity contribution in [2.24, 2.45) is 0 Å². The van der Waals surface area contributed by atoms with Crippen molar-refractivity contribution in [2.45, 2.75) is 12.8 Å². The summed E-state index contributed by atoms with van der Waals surface area (Å²) >= 11 is 0. The number of aliphatic hydroxyl groups excluding tert-OH is 1. The quantitative estimate of drug-likeness (QED) is 0.882. The van der Waals surface area contributed by atoms with Gasteiger partial charge in [0.25, 0.3) is 0 Å². The fraction of sp³-hybridized carbons (Fsp3) is 0.267. The van der Waals surface area contributed by atoms with Crippen LogP contribution in [0.1, 0.15) is 5.56 Å². The summed E-state index contributed by atoms with van der Waals surface area (Å²) in [6.07, 6.45) is -3.13. The zero-order valence-corrected chi connectivity index (χ0v) is 12.2. The number of anilines is 1. The summed E-state index contributed by atoms with van der Waals surface area (Å²) in [4.78, 5) is 3.82. The lowest BCUT2D eigenvalue weighted by atomic mass is 10.0. The normalized spacial score (nSPS) is 11.3. The molecule has 0 spiro atoms. The standard InChI is InChI=1S/C15H15F3N2O3/c1-22-11-2-3-12(10(4-11)7-21)9-5-13(19)14(20-6-9)23-8-15(16,17)18/h2-6,21H,7-8,19H2,1H3. The summed E-state index contributed by atoms with van der Waals surface area (Å²) in [5, 5.41) is 9.44. The number of rotatable bonds is 5. The fourth-order valence-corrected chi connectivity index (χ4v) is 2.00. The van der Waals surface area contributed by atoms with E-state index in [1.165, 1.54) is 19.4 Å². The molecular weight excluding hydrogens is 313 g/mol. The Balaban J connectivity index is 2.30. The van der Waals surface area contributed by atoms with Gasteiger partial charge in [-0.1, -0.05) is 6.07 Å². The molecule has 124 valence electrons. The molecule has 0 aliphatic carbocycles. The lowest BCUT2D eigenvalue weighted by molar-refractivity contribution is -0.153. The van der Waals surface area contributed by atoms with Crippen molar-refractivity contribution in [2.75, 3.05) is 19.5 Å². The highest BCUT2D eigenvalue weighted by atomic mass is 19.4. The molecule has 0 saturated heterocycles. The second kappa shape index (κ2) is 6.74. The van der Waals surface area contributed by atoms with Gasteiger partial charge in [0.2, 0.25) is 5.88 Å². The third-order valence-corrected chi connectivity index (χ3v) is 3.05. The van der Waals surface area contributed by atoms with E-state index < -0.39 is 12.8 Å². The Morgan fingerprint density at radius 2 is 2.00 bits per heavy atom. The van der Waals surface area contributed by atoms with E-state index in [0.717, 1.165) is 0 Å². The number of aromatic nitrogens is 1. The zero-order valence-electron chi connectivity index (χ0n) is 12.2. The van der Waals surface area contributed by atoms with Crippen molar-refractivity contribution in [3.63, 3.8) is 0 Å². The van der Waals surface area contributed by atoms with Gasteiger partial charge >= 0.3 is 6.18 Å². The van der Waals surface area contributed by atoms with Crippen LogP contribution in [0.3, 0.4) is 0 Å². The van der Waals surface area contributed by atoms with Crippen molar-refractivity contribution in [1.29, 1.82) is 0 Å². The number of nitrogen functional groups attached to an aromatic ring is 1. The molecule has 0 aliphatic rings. The second-order valence-electron chi connectivity index (χ2n) is 4.70. The lowest BCUT2D eigenvalue weighted by Gasteiger charge is -2.13. The summed E-state index contributed by atoms with van der Waals surface area (Å²) in [7, 11) is 1.50. The largest absolute Gasteiger partial charge is 0.497 e. The van der Waals surface area contributed by atoms with Gasteiger partial charge in [0.1, 0.15) is 5.75 Å². The molecule has 1 aromatic carbocycles. The summed E-state index contributed by atoms with van der Waals surface area (Å²) in [6.45, 7) is -1.70. The van der Waals surface area contributed by atoms with Crippen LogP contribution in [0.4, 0.5) is 18.9 Å². The number of benzene rings is 1. The first-order valence-electron chi connectivity index (χ1n) is 6.57. The van der Waals surface area contributed by atoms with Crippen LogP contribution in [0.15, 0.2) is 30.5 Å². The molecule has 0 amide bonds. The summed E-state index contributed by atoms with van der Waals surface area (Å²) in [5.74, 6) is 0.286. The summed E-state index contributed by atoms with van der Waals surface area (Å²) in [5.41, 5.74) is 7.45. The highest BCUT2D eigenvalue weighted by molar-refractivity contribution is 5.71. The number of hydrogen-bond donors (Lipinski definition) is 2. The van der Waals surface area contributed by atoms with Crippen molar-refractivity contribution in [1.82, 2.24) is 4.98 Å².